The largest absolute Gasteiger partial charge is 0.488 e. The molecule has 1 aliphatic heterocycles. The molecule has 0 spiro atoms. The van der Waals surface area contributed by atoms with Crippen molar-refractivity contribution in [1.29, 1.82) is 0 Å². The van der Waals surface area contributed by atoms with Crippen LogP contribution < -0.4 is 35.9 Å². The van der Waals surface area contributed by atoms with Crippen molar-refractivity contribution in [3.63, 3.8) is 0 Å². The third-order valence-electron chi connectivity index (χ3n) is 3.64. The number of hydrogen-bond acceptors (Lipinski definition) is 15. The number of aromatic nitrogens is 2. The summed E-state index contributed by atoms with van der Waals surface area (Å²) in [6, 6.07) is 0.902. The van der Waals surface area contributed by atoms with Crippen LogP contribution in [-0.2, 0) is 38.8 Å². The third-order valence-corrected chi connectivity index (χ3v) is 8.35. The Hall–Kier alpha value is -1.21. The molecule has 35 heavy (non-hydrogen) atoms. The first-order valence-corrected chi connectivity index (χ1v) is 13.2. The summed E-state index contributed by atoms with van der Waals surface area (Å²) in [6.07, 6.45) is 0.836. The van der Waals surface area contributed by atoms with Crippen molar-refractivity contribution < 1.29 is 56.8 Å². The predicted molar refractivity (Wildman–Crippen MR) is 122 cm³/mol. The lowest BCUT2D eigenvalue weighted by molar-refractivity contribution is -0.0757. The molecule has 2 heterocycles. The second kappa shape index (κ2) is 13.4. The number of terminal acetylenes is 1. The highest BCUT2D eigenvalue weighted by molar-refractivity contribution is 8.08. The van der Waals surface area contributed by atoms with Gasteiger partial charge in [-0.05, 0) is 11.8 Å². The van der Waals surface area contributed by atoms with E-state index in [0.717, 1.165) is 12.3 Å². The summed E-state index contributed by atoms with van der Waals surface area (Å²) in [7, 11) is -11.1. The summed E-state index contributed by atoms with van der Waals surface area (Å²) >= 11 is 4.42. The van der Waals surface area contributed by atoms with Crippen molar-refractivity contribution in [3.8, 4) is 12.3 Å². The van der Waals surface area contributed by atoms with Crippen LogP contribution >= 0.6 is 22.4 Å². The molecule has 24 heteroatoms. The Morgan fingerprint density at radius 1 is 1.17 bits per heavy atom. The van der Waals surface area contributed by atoms with Gasteiger partial charge in [-0.15, -0.1) is 6.42 Å². The molecule has 6 atom stereocenters. The number of rotatable bonds is 8. The average molecular weight is 592 g/mol. The molecular formula is C11H27N6O14P3S. The molecule has 19 N–H and O–H groups in total. The maximum atomic E-state index is 12.0. The first-order valence-electron chi connectivity index (χ1n) is 7.63. The molecule has 0 bridgehead atoms. The molecule has 206 valence electrons. The molecule has 0 amide bonds. The highest BCUT2D eigenvalue weighted by Crippen LogP contribution is 2.66. The molecule has 0 saturated carbocycles. The van der Waals surface area contributed by atoms with E-state index in [2.05, 4.69) is 25.0 Å². The van der Waals surface area contributed by atoms with Gasteiger partial charge in [-0.1, -0.05) is 5.92 Å². The molecular weight excluding hydrogens is 565 g/mol. The van der Waals surface area contributed by atoms with Crippen LogP contribution in [0, 0.1) is 12.3 Å². The monoisotopic (exact) mass is 592 g/mol. The normalized spacial score (nSPS) is 26.8. The average Bonchev–Trinajstić information content (AvgIpc) is 2.82. The molecule has 1 aliphatic rings. The smallest absolute Gasteiger partial charge is 0.386 e. The van der Waals surface area contributed by atoms with Gasteiger partial charge in [-0.25, -0.2) is 18.2 Å². The zero-order chi connectivity index (χ0) is 23.8. The van der Waals surface area contributed by atoms with E-state index >= 15 is 0 Å². The fraction of sp³-hybridized carbons (Fsp3) is 0.455. The van der Waals surface area contributed by atoms with Crippen LogP contribution in [0.25, 0.3) is 0 Å². The van der Waals surface area contributed by atoms with Crippen LogP contribution in [0.1, 0.15) is 6.23 Å². The Morgan fingerprint density at radius 3 is 2.17 bits per heavy atom. The molecule has 0 aliphatic carbocycles. The number of aliphatic hydroxyl groups excluding tert-OH is 1. The van der Waals surface area contributed by atoms with Gasteiger partial charge in [0.1, 0.15) is 12.2 Å². The van der Waals surface area contributed by atoms with Gasteiger partial charge >= 0.3 is 28.1 Å². The van der Waals surface area contributed by atoms with Gasteiger partial charge in [0.05, 0.1) is 6.61 Å². The van der Waals surface area contributed by atoms with Crippen molar-refractivity contribution in [2.45, 2.75) is 24.0 Å². The maximum absolute atomic E-state index is 12.0. The maximum Gasteiger partial charge on any atom is 0.488 e. The van der Waals surface area contributed by atoms with E-state index in [-0.39, 0.29) is 24.6 Å². The topological polar surface area (TPSA) is 387 Å². The van der Waals surface area contributed by atoms with Gasteiger partial charge in [0.25, 0.3) is 5.56 Å². The number of ether oxygens (including phenoxy) is 1. The number of nitrogens with zero attached hydrogens (tertiary/aromatic N) is 1. The molecule has 1 aromatic rings. The number of H-pyrrole nitrogens is 1. The van der Waals surface area contributed by atoms with Gasteiger partial charge in [0.2, 0.25) is 0 Å². The van der Waals surface area contributed by atoms with Crippen molar-refractivity contribution in [1.82, 2.24) is 34.2 Å². The van der Waals surface area contributed by atoms with Gasteiger partial charge in [0.15, 0.2) is 11.8 Å². The molecule has 0 radical (unpaired) electrons. The van der Waals surface area contributed by atoms with Gasteiger partial charge in [-0.2, -0.15) is 4.31 Å². The summed E-state index contributed by atoms with van der Waals surface area (Å²) in [5.41, 5.74) is -4.36. The van der Waals surface area contributed by atoms with Crippen molar-refractivity contribution >= 4 is 34.2 Å². The van der Waals surface area contributed by atoms with E-state index in [1.807, 2.05) is 10.9 Å². The van der Waals surface area contributed by atoms with Crippen molar-refractivity contribution in [2.75, 3.05) is 6.61 Å². The minimum Gasteiger partial charge on any atom is -0.386 e. The minimum absolute atomic E-state index is 0. The highest BCUT2D eigenvalue weighted by Gasteiger charge is 2.56. The van der Waals surface area contributed by atoms with E-state index in [9.17, 15) is 38.7 Å². The Labute approximate surface area is 201 Å². The van der Waals surface area contributed by atoms with E-state index in [1.165, 1.54) is 0 Å². The van der Waals surface area contributed by atoms with Crippen LogP contribution in [-0.4, -0.2) is 63.8 Å². The van der Waals surface area contributed by atoms with E-state index in [0.29, 0.717) is 4.57 Å². The van der Waals surface area contributed by atoms with E-state index in [4.69, 9.17) is 20.9 Å². The number of aromatic amines is 1. The van der Waals surface area contributed by atoms with Gasteiger partial charge in [0, 0.05) is 12.3 Å². The first kappa shape index (κ1) is 38.3. The molecule has 2 unspecified atom stereocenters. The number of phosphoric acid groups is 2. The molecule has 1 fully saturated rings. The summed E-state index contributed by atoms with van der Waals surface area (Å²) in [4.78, 5) is 61.1. The lowest BCUT2D eigenvalue weighted by Crippen LogP contribution is -2.48. The second-order valence-electron chi connectivity index (χ2n) is 5.85. The minimum atomic E-state index is -5.57. The highest BCUT2D eigenvalue weighted by atomic mass is 32.5. The van der Waals surface area contributed by atoms with Crippen LogP contribution in [0.5, 0.6) is 0 Å². The number of aliphatic hydroxyl groups is 2. The zero-order valence-corrected chi connectivity index (χ0v) is 21.1. The standard InChI is InChI=1S/C11H15N2O14P3S.4H3N/c1-2-11(17)8(15)6(25-9(11)13-4-3-7(14)12-10(13)16)5-24-30(23,31)27-29(21,22)26-28(18,19)20;;;;/h1,3-4,6,8-9,15,17H,5H2,(H,21,22)(H,23,31)(H,12,14,16)(H2,18,19,20);4*1H3/t6-,8-,9-,11-,30?;;;;/m1..../s1. The lowest BCUT2D eigenvalue weighted by atomic mass is 9.95. The van der Waals surface area contributed by atoms with Crippen LogP contribution in [0.2, 0.25) is 0 Å². The van der Waals surface area contributed by atoms with E-state index < -0.39 is 64.3 Å². The molecule has 1 saturated heterocycles. The SMILES string of the molecule is C#C[C@@]1(O)[C@H](O)[C@@H](COP(O)(=S)OP(=O)(O)OP(=O)(O)O)O[C@H]1n1ccc(=O)[nH]c1=O.N.N.N.N. The number of nitrogens with one attached hydrogen (secondary N) is 1. The number of hydrogen-bond donors (Lipinski definition) is 11. The Balaban J connectivity index is -0.00000256. The van der Waals surface area contributed by atoms with Crippen molar-refractivity contribution in [3.05, 3.63) is 33.1 Å². The van der Waals surface area contributed by atoms with Gasteiger partial charge in [-0.3, -0.25) is 14.3 Å². The fourth-order valence-corrected chi connectivity index (χ4v) is 6.39. The summed E-state index contributed by atoms with van der Waals surface area (Å²) < 4.78 is 40.3. The molecule has 2 rings (SSSR count). The zero-order valence-electron chi connectivity index (χ0n) is 17.6. The lowest BCUT2D eigenvalue weighted by Gasteiger charge is -2.26. The molecule has 1 aromatic heterocycles. The van der Waals surface area contributed by atoms with Crippen molar-refractivity contribution in [2.24, 2.45) is 0 Å². The van der Waals surface area contributed by atoms with Gasteiger partial charge < -0.3 is 63.6 Å². The Bertz CT molecular complexity index is 1150. The molecule has 0 aromatic carbocycles. The molecule has 20 nitrogen and oxygen atoms in total. The van der Waals surface area contributed by atoms with Crippen LogP contribution in [0.3, 0.4) is 0 Å². The predicted octanol–water partition coefficient (Wildman–Crippen LogP) is -1.73. The van der Waals surface area contributed by atoms with Crippen LogP contribution in [0.15, 0.2) is 21.9 Å². The fourth-order valence-electron chi connectivity index (χ4n) is 2.42. The van der Waals surface area contributed by atoms with Crippen LogP contribution in [0.4, 0.5) is 0 Å². The summed E-state index contributed by atoms with van der Waals surface area (Å²) in [6.45, 7) is -5.67. The van der Waals surface area contributed by atoms with E-state index in [1.54, 1.807) is 0 Å². The second-order valence-corrected chi connectivity index (χ2v) is 11.6. The Kier molecular flexibility index (Phi) is 14.6. The third kappa shape index (κ3) is 9.64. The first-order chi connectivity index (χ1) is 14.0. The quantitative estimate of drug-likeness (QED) is 0.118. The Morgan fingerprint density at radius 2 is 1.71 bits per heavy atom. The summed E-state index contributed by atoms with van der Waals surface area (Å²) in [5, 5.41) is 20.9. The summed E-state index contributed by atoms with van der Waals surface area (Å²) in [5.74, 6) is 1.84.